The number of aliphatic hydroxyl groups excluding tert-OH is 1. The molecule has 0 heterocycles. The Balaban J connectivity index is 2.35. The third-order valence-corrected chi connectivity index (χ3v) is 3.59. The molecule has 6 heteroatoms. The maximum absolute atomic E-state index is 11.6. The van der Waals surface area contributed by atoms with Crippen molar-refractivity contribution in [3.63, 3.8) is 0 Å². The monoisotopic (exact) mass is 302 g/mol. The highest BCUT2D eigenvalue weighted by Crippen LogP contribution is 2.15. The highest BCUT2D eigenvalue weighted by Gasteiger charge is 2.10. The molecule has 0 saturated carbocycles. The second kappa shape index (κ2) is 8.30. The van der Waals surface area contributed by atoms with E-state index in [0.29, 0.717) is 5.02 Å². The van der Waals surface area contributed by atoms with Crippen molar-refractivity contribution in [2.45, 2.75) is 19.1 Å². The molecule has 0 radical (unpaired) electrons. The first-order valence-corrected chi connectivity index (χ1v) is 7.77. The van der Waals surface area contributed by atoms with Crippen LogP contribution in [0.2, 0.25) is 5.02 Å². The zero-order chi connectivity index (χ0) is 14.3. The first-order chi connectivity index (χ1) is 9.02. The predicted octanol–water partition coefficient (Wildman–Crippen LogP) is 2.42. The molecule has 0 saturated heterocycles. The minimum absolute atomic E-state index is 0.0997. The average Bonchev–Trinajstić information content (AvgIpc) is 2.37. The van der Waals surface area contributed by atoms with Gasteiger partial charge in [-0.2, -0.15) is 11.8 Å². The van der Waals surface area contributed by atoms with E-state index in [9.17, 15) is 9.90 Å². The number of rotatable bonds is 6. The first kappa shape index (κ1) is 16.1. The van der Waals surface area contributed by atoms with Gasteiger partial charge in [0, 0.05) is 23.4 Å². The van der Waals surface area contributed by atoms with Crippen LogP contribution in [0.15, 0.2) is 24.3 Å². The number of halogens is 1. The third-order valence-electron chi connectivity index (χ3n) is 2.50. The molecule has 106 valence electrons. The number of thioether (sulfide) groups is 1. The van der Waals surface area contributed by atoms with Gasteiger partial charge in [0.1, 0.15) is 0 Å². The van der Waals surface area contributed by atoms with Gasteiger partial charge in [0.2, 0.25) is 0 Å². The molecule has 2 amide bonds. The van der Waals surface area contributed by atoms with Gasteiger partial charge in [-0.3, -0.25) is 0 Å². The summed E-state index contributed by atoms with van der Waals surface area (Å²) in [5.41, 5.74) is 0.724. The second-order valence-electron chi connectivity index (χ2n) is 4.28. The summed E-state index contributed by atoms with van der Waals surface area (Å²) in [7, 11) is 0. The standard InChI is InChI=1S/C13H19ClN2O2S/c1-9(8-19-2)16-13(18)15-7-12(17)10-3-5-11(14)6-4-10/h3-6,9,12,17H,7-8H2,1-2H3,(H2,15,16,18). The van der Waals surface area contributed by atoms with Gasteiger partial charge in [-0.15, -0.1) is 0 Å². The number of aliphatic hydroxyl groups is 1. The largest absolute Gasteiger partial charge is 0.387 e. The van der Waals surface area contributed by atoms with Crippen molar-refractivity contribution in [3.05, 3.63) is 34.9 Å². The Morgan fingerprint density at radius 2 is 2.05 bits per heavy atom. The van der Waals surface area contributed by atoms with Gasteiger partial charge in [0.25, 0.3) is 0 Å². The molecule has 1 aromatic carbocycles. The lowest BCUT2D eigenvalue weighted by molar-refractivity contribution is 0.173. The predicted molar refractivity (Wildman–Crippen MR) is 80.8 cm³/mol. The maximum atomic E-state index is 11.6. The molecule has 19 heavy (non-hydrogen) atoms. The van der Waals surface area contributed by atoms with Gasteiger partial charge in [-0.1, -0.05) is 23.7 Å². The SMILES string of the molecule is CSCC(C)NC(=O)NCC(O)c1ccc(Cl)cc1. The molecule has 3 N–H and O–H groups in total. The van der Waals surface area contributed by atoms with Crippen LogP contribution in [0.25, 0.3) is 0 Å². The summed E-state index contributed by atoms with van der Waals surface area (Å²) in [6.07, 6.45) is 1.25. The number of urea groups is 1. The van der Waals surface area contributed by atoms with Crippen LogP contribution in [0.4, 0.5) is 4.79 Å². The van der Waals surface area contributed by atoms with Gasteiger partial charge in [0.05, 0.1) is 6.10 Å². The van der Waals surface area contributed by atoms with Crippen LogP contribution in [0.5, 0.6) is 0 Å². The normalized spacial score (nSPS) is 13.7. The molecule has 1 aromatic rings. The first-order valence-electron chi connectivity index (χ1n) is 5.99. The molecule has 0 bridgehead atoms. The van der Waals surface area contributed by atoms with E-state index in [1.54, 1.807) is 36.0 Å². The van der Waals surface area contributed by atoms with Crippen molar-refractivity contribution in [1.29, 1.82) is 0 Å². The van der Waals surface area contributed by atoms with Crippen LogP contribution in [-0.4, -0.2) is 35.7 Å². The Morgan fingerprint density at radius 3 is 2.63 bits per heavy atom. The number of carbonyl (C=O) groups excluding carboxylic acids is 1. The number of hydrogen-bond donors (Lipinski definition) is 3. The number of hydrogen-bond acceptors (Lipinski definition) is 3. The van der Waals surface area contributed by atoms with Crippen molar-refractivity contribution in [3.8, 4) is 0 Å². The van der Waals surface area contributed by atoms with Crippen LogP contribution in [0.3, 0.4) is 0 Å². The molecule has 0 aliphatic heterocycles. The van der Waals surface area contributed by atoms with Crippen LogP contribution in [-0.2, 0) is 0 Å². The zero-order valence-electron chi connectivity index (χ0n) is 11.0. The third kappa shape index (κ3) is 6.18. The lowest BCUT2D eigenvalue weighted by atomic mass is 10.1. The smallest absolute Gasteiger partial charge is 0.315 e. The molecule has 0 aromatic heterocycles. The molecule has 4 nitrogen and oxygen atoms in total. The highest BCUT2D eigenvalue weighted by atomic mass is 35.5. The van der Waals surface area contributed by atoms with E-state index in [1.807, 2.05) is 13.2 Å². The number of amides is 2. The summed E-state index contributed by atoms with van der Waals surface area (Å²) in [4.78, 5) is 11.6. The number of benzene rings is 1. The van der Waals surface area contributed by atoms with Crippen molar-refractivity contribution in [1.82, 2.24) is 10.6 Å². The van der Waals surface area contributed by atoms with Crippen LogP contribution in [0, 0.1) is 0 Å². The molecular formula is C13H19ClN2O2S. The van der Waals surface area contributed by atoms with Crippen molar-refractivity contribution >= 4 is 29.4 Å². The molecule has 1 rings (SSSR count). The molecular weight excluding hydrogens is 284 g/mol. The van der Waals surface area contributed by atoms with Gasteiger partial charge in [-0.25, -0.2) is 4.79 Å². The van der Waals surface area contributed by atoms with E-state index in [-0.39, 0.29) is 18.6 Å². The molecule has 0 spiro atoms. The lowest BCUT2D eigenvalue weighted by Gasteiger charge is -2.16. The molecule has 0 fully saturated rings. The van der Waals surface area contributed by atoms with E-state index in [0.717, 1.165) is 11.3 Å². The van der Waals surface area contributed by atoms with Gasteiger partial charge in [-0.05, 0) is 30.9 Å². The van der Waals surface area contributed by atoms with E-state index in [4.69, 9.17) is 11.6 Å². The average molecular weight is 303 g/mol. The number of carbonyl (C=O) groups is 1. The molecule has 2 atom stereocenters. The fourth-order valence-corrected chi connectivity index (χ4v) is 2.27. The molecule has 0 aliphatic carbocycles. The van der Waals surface area contributed by atoms with Crippen molar-refractivity contribution < 1.29 is 9.90 Å². The van der Waals surface area contributed by atoms with Gasteiger partial charge in [0.15, 0.2) is 0 Å². The van der Waals surface area contributed by atoms with Crippen LogP contribution >= 0.6 is 23.4 Å². The Hall–Kier alpha value is -0.910. The minimum atomic E-state index is -0.737. The lowest BCUT2D eigenvalue weighted by Crippen LogP contribution is -2.43. The van der Waals surface area contributed by atoms with Gasteiger partial charge >= 0.3 is 6.03 Å². The number of nitrogens with one attached hydrogen (secondary N) is 2. The van der Waals surface area contributed by atoms with E-state index in [1.165, 1.54) is 0 Å². The van der Waals surface area contributed by atoms with E-state index in [2.05, 4.69) is 10.6 Å². The maximum Gasteiger partial charge on any atom is 0.315 e. The Bertz CT molecular complexity index is 400. The fourth-order valence-electron chi connectivity index (χ4n) is 1.56. The van der Waals surface area contributed by atoms with E-state index >= 15 is 0 Å². The molecule has 0 aliphatic rings. The summed E-state index contributed by atoms with van der Waals surface area (Å²) in [5.74, 6) is 0.854. The molecule has 2 unspecified atom stereocenters. The Labute approximate surface area is 122 Å². The zero-order valence-corrected chi connectivity index (χ0v) is 12.6. The summed E-state index contributed by atoms with van der Waals surface area (Å²) < 4.78 is 0. The topological polar surface area (TPSA) is 61.4 Å². The summed E-state index contributed by atoms with van der Waals surface area (Å²) in [5, 5.41) is 16.0. The van der Waals surface area contributed by atoms with Crippen LogP contribution in [0.1, 0.15) is 18.6 Å². The summed E-state index contributed by atoms with van der Waals surface area (Å²) in [6, 6.07) is 6.73. The van der Waals surface area contributed by atoms with Crippen molar-refractivity contribution in [2.24, 2.45) is 0 Å². The van der Waals surface area contributed by atoms with E-state index < -0.39 is 6.10 Å². The summed E-state index contributed by atoms with van der Waals surface area (Å²) in [6.45, 7) is 2.10. The fraction of sp³-hybridized carbons (Fsp3) is 0.462. The summed E-state index contributed by atoms with van der Waals surface area (Å²) >= 11 is 7.44. The Morgan fingerprint density at radius 1 is 1.42 bits per heavy atom. The van der Waals surface area contributed by atoms with Crippen LogP contribution < -0.4 is 10.6 Å². The quantitative estimate of drug-likeness (QED) is 0.756. The Kier molecular flexibility index (Phi) is 7.05. The highest BCUT2D eigenvalue weighted by molar-refractivity contribution is 7.98. The van der Waals surface area contributed by atoms with Crippen molar-refractivity contribution in [2.75, 3.05) is 18.6 Å². The van der Waals surface area contributed by atoms with Gasteiger partial charge < -0.3 is 15.7 Å². The second-order valence-corrected chi connectivity index (χ2v) is 5.63. The minimum Gasteiger partial charge on any atom is -0.387 e.